The molecule has 1 unspecified atom stereocenters. The Morgan fingerprint density at radius 1 is 1.24 bits per heavy atom. The van der Waals surface area contributed by atoms with Crippen molar-refractivity contribution in [3.05, 3.63) is 70.4 Å². The third-order valence-corrected chi connectivity index (χ3v) is 5.84. The quantitative estimate of drug-likeness (QED) is 0.238. The zero-order valence-corrected chi connectivity index (χ0v) is 21.4. The van der Waals surface area contributed by atoms with Crippen LogP contribution in [0.3, 0.4) is 0 Å². The SMILES string of the molecule is COC(=O)N[C@@H](CC/C=C/C(N)=O)C(=O)Nc1cccn(Cc2nc3c(C(O)C(C)C)cccc3[nH]2)c1=O. The number of imidazole rings is 1. The summed E-state index contributed by atoms with van der Waals surface area (Å²) in [6, 6.07) is 7.52. The Labute approximate surface area is 218 Å². The number of fused-ring (bicyclic) bond motifs is 1. The number of aromatic amines is 1. The number of rotatable bonds is 11. The average molecular weight is 525 g/mol. The fourth-order valence-corrected chi connectivity index (χ4v) is 3.85. The topological polar surface area (TPSA) is 181 Å². The van der Waals surface area contributed by atoms with Crippen molar-refractivity contribution >= 4 is 34.6 Å². The molecule has 2 atom stereocenters. The molecular weight excluding hydrogens is 492 g/mol. The monoisotopic (exact) mass is 524 g/mol. The van der Waals surface area contributed by atoms with Crippen LogP contribution in [0.2, 0.25) is 0 Å². The van der Waals surface area contributed by atoms with E-state index in [0.717, 1.165) is 18.7 Å². The predicted molar refractivity (Wildman–Crippen MR) is 141 cm³/mol. The van der Waals surface area contributed by atoms with Crippen LogP contribution in [0, 0.1) is 5.92 Å². The third kappa shape index (κ3) is 7.07. The van der Waals surface area contributed by atoms with Gasteiger partial charge in [-0.25, -0.2) is 9.78 Å². The van der Waals surface area contributed by atoms with Gasteiger partial charge in [-0.05, 0) is 43.0 Å². The van der Waals surface area contributed by atoms with Crippen LogP contribution >= 0.6 is 0 Å². The van der Waals surface area contributed by atoms with E-state index in [9.17, 15) is 24.3 Å². The maximum absolute atomic E-state index is 13.1. The second-order valence-electron chi connectivity index (χ2n) is 9.03. The molecule has 0 spiro atoms. The Hall–Kier alpha value is -4.45. The first kappa shape index (κ1) is 28.1. The fourth-order valence-electron chi connectivity index (χ4n) is 3.85. The van der Waals surface area contributed by atoms with Gasteiger partial charge in [0.2, 0.25) is 11.8 Å². The summed E-state index contributed by atoms with van der Waals surface area (Å²) in [6.07, 6.45) is 3.10. The van der Waals surface area contributed by atoms with Crippen molar-refractivity contribution in [2.75, 3.05) is 12.4 Å². The summed E-state index contributed by atoms with van der Waals surface area (Å²) in [5.41, 5.74) is 6.65. The molecule has 6 N–H and O–H groups in total. The number of aromatic nitrogens is 3. The second-order valence-corrected chi connectivity index (χ2v) is 9.03. The first-order chi connectivity index (χ1) is 18.1. The number of methoxy groups -OCH3 is 1. The third-order valence-electron chi connectivity index (χ3n) is 5.84. The maximum atomic E-state index is 13.1. The number of primary amides is 1. The van der Waals surface area contributed by atoms with E-state index in [-0.39, 0.29) is 31.0 Å². The molecule has 0 aliphatic rings. The normalized spacial score (nSPS) is 13.0. The number of carbonyl (C=O) groups is 3. The number of pyridine rings is 1. The summed E-state index contributed by atoms with van der Waals surface area (Å²) in [4.78, 5) is 56.4. The molecule has 12 nitrogen and oxygen atoms in total. The highest BCUT2D eigenvalue weighted by Crippen LogP contribution is 2.27. The molecule has 0 saturated heterocycles. The number of hydrogen-bond donors (Lipinski definition) is 5. The number of H-pyrrole nitrogens is 1. The lowest BCUT2D eigenvalue weighted by molar-refractivity contribution is -0.118. The lowest BCUT2D eigenvalue weighted by Crippen LogP contribution is -2.44. The first-order valence-corrected chi connectivity index (χ1v) is 12.1. The van der Waals surface area contributed by atoms with Crippen LogP contribution in [0.15, 0.2) is 53.5 Å². The summed E-state index contributed by atoms with van der Waals surface area (Å²) in [5, 5.41) is 15.5. The maximum Gasteiger partial charge on any atom is 0.407 e. The summed E-state index contributed by atoms with van der Waals surface area (Å²) in [7, 11) is 1.16. The van der Waals surface area contributed by atoms with Gasteiger partial charge >= 0.3 is 6.09 Å². The fraction of sp³-hybridized carbons (Fsp3) is 0.346. The van der Waals surface area contributed by atoms with Gasteiger partial charge in [0.1, 0.15) is 17.6 Å². The van der Waals surface area contributed by atoms with Gasteiger partial charge in [0.15, 0.2) is 0 Å². The number of nitrogens with zero attached hydrogens (tertiary/aromatic N) is 2. The van der Waals surface area contributed by atoms with Gasteiger partial charge < -0.3 is 35.8 Å². The number of carbonyl (C=O) groups excluding carboxylic acids is 3. The van der Waals surface area contributed by atoms with Crippen LogP contribution in [0.25, 0.3) is 11.0 Å². The van der Waals surface area contributed by atoms with Gasteiger partial charge in [-0.1, -0.05) is 32.1 Å². The van der Waals surface area contributed by atoms with Crippen LogP contribution < -0.4 is 21.9 Å². The molecule has 0 aliphatic heterocycles. The largest absolute Gasteiger partial charge is 0.453 e. The van der Waals surface area contributed by atoms with Crippen molar-refractivity contribution in [3.8, 4) is 0 Å². The Morgan fingerprint density at radius 2 is 2.00 bits per heavy atom. The number of benzene rings is 1. The zero-order valence-electron chi connectivity index (χ0n) is 21.4. The number of alkyl carbamates (subject to hydrolysis) is 1. The van der Waals surface area contributed by atoms with Crippen LogP contribution in [0.5, 0.6) is 0 Å². The van der Waals surface area contributed by atoms with Crippen molar-refractivity contribution < 1.29 is 24.2 Å². The summed E-state index contributed by atoms with van der Waals surface area (Å²) < 4.78 is 5.96. The Bertz CT molecular complexity index is 1390. The summed E-state index contributed by atoms with van der Waals surface area (Å²) in [6.45, 7) is 3.93. The molecule has 1 aromatic carbocycles. The molecule has 2 heterocycles. The minimum Gasteiger partial charge on any atom is -0.453 e. The number of allylic oxidation sites excluding steroid dienone is 1. The van der Waals surface area contributed by atoms with E-state index >= 15 is 0 Å². The van der Waals surface area contributed by atoms with Gasteiger partial charge in [0, 0.05) is 11.8 Å². The van der Waals surface area contributed by atoms with Crippen LogP contribution in [-0.4, -0.2) is 50.7 Å². The van der Waals surface area contributed by atoms with Crippen LogP contribution in [0.1, 0.15) is 44.2 Å². The Kier molecular flexibility index (Phi) is 9.39. The molecule has 0 radical (unpaired) electrons. The van der Waals surface area contributed by atoms with E-state index in [1.807, 2.05) is 32.0 Å². The summed E-state index contributed by atoms with van der Waals surface area (Å²) in [5.74, 6) is -0.761. The van der Waals surface area contributed by atoms with E-state index in [0.29, 0.717) is 16.9 Å². The molecular formula is C26H32N6O6. The Balaban J connectivity index is 1.80. The predicted octanol–water partition coefficient (Wildman–Crippen LogP) is 1.95. The van der Waals surface area contributed by atoms with Crippen molar-refractivity contribution in [1.29, 1.82) is 0 Å². The van der Waals surface area contributed by atoms with Gasteiger partial charge in [-0.15, -0.1) is 0 Å². The smallest absolute Gasteiger partial charge is 0.407 e. The van der Waals surface area contributed by atoms with Crippen molar-refractivity contribution in [2.24, 2.45) is 11.7 Å². The number of amides is 3. The van der Waals surface area contributed by atoms with E-state index in [2.05, 4.69) is 25.3 Å². The number of nitrogens with two attached hydrogens (primary N) is 1. The van der Waals surface area contributed by atoms with E-state index in [1.54, 1.807) is 12.3 Å². The highest BCUT2D eigenvalue weighted by molar-refractivity contribution is 5.96. The second kappa shape index (κ2) is 12.7. The molecule has 0 aliphatic carbocycles. The molecule has 38 heavy (non-hydrogen) atoms. The first-order valence-electron chi connectivity index (χ1n) is 12.1. The van der Waals surface area contributed by atoms with Crippen LogP contribution in [-0.2, 0) is 20.9 Å². The molecule has 0 saturated carbocycles. The van der Waals surface area contributed by atoms with E-state index in [1.165, 1.54) is 16.7 Å². The number of hydrogen-bond acceptors (Lipinski definition) is 7. The van der Waals surface area contributed by atoms with E-state index < -0.39 is 35.6 Å². The van der Waals surface area contributed by atoms with Crippen LogP contribution in [0.4, 0.5) is 10.5 Å². The lowest BCUT2D eigenvalue weighted by Gasteiger charge is -2.17. The summed E-state index contributed by atoms with van der Waals surface area (Å²) >= 11 is 0. The van der Waals surface area contributed by atoms with Gasteiger partial charge in [-0.3, -0.25) is 14.4 Å². The van der Waals surface area contributed by atoms with Crippen molar-refractivity contribution in [3.63, 3.8) is 0 Å². The van der Waals surface area contributed by atoms with Crippen molar-refractivity contribution in [2.45, 2.75) is 45.4 Å². The molecule has 0 bridgehead atoms. The Morgan fingerprint density at radius 3 is 2.68 bits per heavy atom. The van der Waals surface area contributed by atoms with Gasteiger partial charge in [-0.2, -0.15) is 0 Å². The number of anilines is 1. The molecule has 3 rings (SSSR count). The van der Waals surface area contributed by atoms with Crippen molar-refractivity contribution in [1.82, 2.24) is 19.9 Å². The number of aliphatic hydroxyl groups is 1. The highest BCUT2D eigenvalue weighted by Gasteiger charge is 2.22. The standard InChI is InChI=1S/C26H32N6O6/c1-15(2)23(34)16-8-6-10-17-22(16)31-21(28-17)14-32-13-7-11-19(25(32)36)29-24(35)18(30-26(37)38-3)9-4-5-12-20(27)33/h5-8,10-13,15,18,23,34H,4,9,14H2,1-3H3,(H2,27,33)(H,28,31)(H,29,35)(H,30,37)/b12-5+/t18-,23?/m0/s1. The van der Waals surface area contributed by atoms with Gasteiger partial charge in [0.05, 0.1) is 30.8 Å². The number of para-hydroxylation sites is 1. The molecule has 3 aromatic rings. The molecule has 202 valence electrons. The number of nitrogens with one attached hydrogen (secondary N) is 3. The molecule has 12 heteroatoms. The average Bonchev–Trinajstić information content (AvgIpc) is 3.30. The molecule has 0 fully saturated rings. The highest BCUT2D eigenvalue weighted by atomic mass is 16.5. The number of aliphatic hydroxyl groups excluding tert-OH is 1. The molecule has 3 amide bonds. The minimum atomic E-state index is -1.03. The van der Waals surface area contributed by atoms with E-state index in [4.69, 9.17) is 5.73 Å². The number of ether oxygens (including phenoxy) is 1. The lowest BCUT2D eigenvalue weighted by atomic mass is 9.98. The minimum absolute atomic E-state index is 0.000311. The van der Waals surface area contributed by atoms with Gasteiger partial charge in [0.25, 0.3) is 5.56 Å². The zero-order chi connectivity index (χ0) is 27.8. The molecule has 2 aromatic heterocycles.